The number of benzene rings is 2. The predicted octanol–water partition coefficient (Wildman–Crippen LogP) is 3.16. The maximum absolute atomic E-state index is 12.9. The van der Waals surface area contributed by atoms with Crippen LogP contribution in [0.4, 0.5) is 0 Å². The Hall–Kier alpha value is -3.03. The van der Waals surface area contributed by atoms with Crippen LogP contribution < -0.4 is 9.47 Å². The molecule has 2 aromatic carbocycles. The van der Waals surface area contributed by atoms with E-state index in [0.29, 0.717) is 27.6 Å². The number of hydrogen-bond donors (Lipinski definition) is 2. The quantitative estimate of drug-likeness (QED) is 0.414. The number of Topliss-reactive ketones (excluding diaryl/α,β-unsaturated/α-hetero) is 1. The second-order valence-electron chi connectivity index (χ2n) is 6.92. The molecule has 2 aromatic rings. The zero-order chi connectivity index (χ0) is 22.0. The molecule has 0 aliphatic carbocycles. The van der Waals surface area contributed by atoms with E-state index in [1.165, 1.54) is 26.0 Å². The highest BCUT2D eigenvalue weighted by Crippen LogP contribution is 2.43. The number of aliphatic hydroxyl groups excluding tert-OH is 2. The summed E-state index contributed by atoms with van der Waals surface area (Å²) in [4.78, 5) is 27.0. The molecule has 0 saturated carbocycles. The second-order valence-corrected chi connectivity index (χ2v) is 7.35. The summed E-state index contributed by atoms with van der Waals surface area (Å²) in [6.07, 6.45) is -0.891. The molecule has 1 aliphatic heterocycles. The van der Waals surface area contributed by atoms with Gasteiger partial charge in [0.25, 0.3) is 11.7 Å². The Kier molecular flexibility index (Phi) is 6.34. The van der Waals surface area contributed by atoms with Crippen molar-refractivity contribution in [3.05, 3.63) is 64.2 Å². The number of likely N-dealkylation sites (tertiary alicyclic amines) is 1. The molecule has 1 aliphatic rings. The van der Waals surface area contributed by atoms with Crippen molar-refractivity contribution in [2.45, 2.75) is 19.1 Å². The maximum Gasteiger partial charge on any atom is 0.295 e. The summed E-state index contributed by atoms with van der Waals surface area (Å²) in [6, 6.07) is 10.3. The highest BCUT2D eigenvalue weighted by atomic mass is 35.5. The normalized spacial score (nSPS) is 19.1. The summed E-state index contributed by atoms with van der Waals surface area (Å²) in [6.45, 7) is 1.41. The smallest absolute Gasteiger partial charge is 0.295 e. The molecule has 1 fully saturated rings. The summed E-state index contributed by atoms with van der Waals surface area (Å²) < 4.78 is 10.7. The van der Waals surface area contributed by atoms with Gasteiger partial charge in [-0.3, -0.25) is 9.59 Å². The van der Waals surface area contributed by atoms with Gasteiger partial charge in [-0.2, -0.15) is 0 Å². The molecule has 0 spiro atoms. The molecule has 0 unspecified atom stereocenters. The van der Waals surface area contributed by atoms with E-state index >= 15 is 0 Å². The van der Waals surface area contributed by atoms with Crippen molar-refractivity contribution in [2.24, 2.45) is 0 Å². The Morgan fingerprint density at radius 3 is 2.37 bits per heavy atom. The van der Waals surface area contributed by atoms with E-state index in [2.05, 4.69) is 0 Å². The highest BCUT2D eigenvalue weighted by molar-refractivity contribution is 6.46. The lowest BCUT2D eigenvalue weighted by atomic mass is 9.94. The first-order valence-electron chi connectivity index (χ1n) is 9.22. The van der Waals surface area contributed by atoms with Gasteiger partial charge in [0.15, 0.2) is 0 Å². The number of amides is 1. The molecule has 2 N–H and O–H groups in total. The fourth-order valence-electron chi connectivity index (χ4n) is 3.49. The van der Waals surface area contributed by atoms with Crippen LogP contribution in [0.3, 0.4) is 0 Å². The largest absolute Gasteiger partial charge is 0.507 e. The second kappa shape index (κ2) is 8.77. The summed E-state index contributed by atoms with van der Waals surface area (Å²) >= 11 is 5.92. The lowest BCUT2D eigenvalue weighted by Crippen LogP contribution is -2.35. The standard InChI is InChI=1S/C22H22ClNO6/c1-12(25)11-24-19(16-10-15(29-2)8-9-17(16)30-3)18(21(27)22(24)28)20(26)13-4-6-14(23)7-5-13/h4-10,12,19,25-26H,11H2,1-3H3/t12-,19+/m0/s1. The first-order chi connectivity index (χ1) is 14.3. The van der Waals surface area contributed by atoms with Gasteiger partial charge in [-0.25, -0.2) is 0 Å². The van der Waals surface area contributed by atoms with Gasteiger partial charge in [0.05, 0.1) is 31.9 Å². The van der Waals surface area contributed by atoms with E-state index in [9.17, 15) is 19.8 Å². The number of rotatable bonds is 6. The summed E-state index contributed by atoms with van der Waals surface area (Å²) in [7, 11) is 2.96. The molecule has 1 heterocycles. The van der Waals surface area contributed by atoms with Crippen molar-refractivity contribution in [1.82, 2.24) is 4.90 Å². The van der Waals surface area contributed by atoms with E-state index in [1.807, 2.05) is 0 Å². The third-order valence-electron chi connectivity index (χ3n) is 4.85. The fourth-order valence-corrected chi connectivity index (χ4v) is 3.62. The van der Waals surface area contributed by atoms with E-state index in [0.717, 1.165) is 0 Å². The summed E-state index contributed by atoms with van der Waals surface area (Å²) in [5, 5.41) is 21.4. The molecule has 0 aromatic heterocycles. The van der Waals surface area contributed by atoms with Crippen LogP contribution in [0.25, 0.3) is 5.76 Å². The average Bonchev–Trinajstić information content (AvgIpc) is 2.97. The van der Waals surface area contributed by atoms with Crippen LogP contribution in [0, 0.1) is 0 Å². The number of aliphatic hydroxyl groups is 2. The molecular weight excluding hydrogens is 410 g/mol. The Labute approximate surface area is 179 Å². The average molecular weight is 432 g/mol. The SMILES string of the molecule is COc1ccc(OC)c([C@@H]2C(=C(O)c3ccc(Cl)cc3)C(=O)C(=O)N2C[C@H](C)O)c1. The van der Waals surface area contributed by atoms with Gasteiger partial charge in [0.2, 0.25) is 0 Å². The van der Waals surface area contributed by atoms with Crippen LogP contribution in [-0.2, 0) is 9.59 Å². The number of methoxy groups -OCH3 is 2. The Morgan fingerprint density at radius 1 is 1.13 bits per heavy atom. The molecule has 1 saturated heterocycles. The van der Waals surface area contributed by atoms with Crippen LogP contribution >= 0.6 is 11.6 Å². The van der Waals surface area contributed by atoms with E-state index < -0.39 is 23.8 Å². The number of ether oxygens (including phenoxy) is 2. The minimum Gasteiger partial charge on any atom is -0.507 e. The van der Waals surface area contributed by atoms with Gasteiger partial charge in [-0.1, -0.05) is 11.6 Å². The van der Waals surface area contributed by atoms with Crippen LogP contribution in [-0.4, -0.2) is 53.7 Å². The lowest BCUT2D eigenvalue weighted by Gasteiger charge is -2.27. The zero-order valence-corrected chi connectivity index (χ0v) is 17.5. The van der Waals surface area contributed by atoms with Crippen LogP contribution in [0.5, 0.6) is 11.5 Å². The molecule has 30 heavy (non-hydrogen) atoms. The Balaban J connectivity index is 2.27. The molecule has 3 rings (SSSR count). The van der Waals surface area contributed by atoms with Gasteiger partial charge >= 0.3 is 0 Å². The van der Waals surface area contributed by atoms with Crippen LogP contribution in [0.15, 0.2) is 48.0 Å². The molecule has 0 bridgehead atoms. The maximum atomic E-state index is 12.9. The van der Waals surface area contributed by atoms with Crippen molar-refractivity contribution < 1.29 is 29.3 Å². The van der Waals surface area contributed by atoms with Gasteiger partial charge in [-0.05, 0) is 49.4 Å². The molecule has 158 valence electrons. The molecular formula is C22H22ClNO6. The van der Waals surface area contributed by atoms with Gasteiger partial charge < -0.3 is 24.6 Å². The number of carbonyl (C=O) groups excluding carboxylic acids is 2. The summed E-state index contributed by atoms with van der Waals surface area (Å²) in [5.41, 5.74) is 0.683. The van der Waals surface area contributed by atoms with E-state index in [-0.39, 0.29) is 17.9 Å². The van der Waals surface area contributed by atoms with Gasteiger partial charge in [-0.15, -0.1) is 0 Å². The summed E-state index contributed by atoms with van der Waals surface area (Å²) in [5.74, 6) is -1.12. The lowest BCUT2D eigenvalue weighted by molar-refractivity contribution is -0.140. The van der Waals surface area contributed by atoms with E-state index in [4.69, 9.17) is 21.1 Å². The Bertz CT molecular complexity index is 999. The highest BCUT2D eigenvalue weighted by Gasteiger charge is 2.47. The minimum atomic E-state index is -0.972. The molecule has 8 heteroatoms. The van der Waals surface area contributed by atoms with Gasteiger partial charge in [0.1, 0.15) is 17.3 Å². The van der Waals surface area contributed by atoms with Crippen molar-refractivity contribution in [2.75, 3.05) is 20.8 Å². The molecule has 7 nitrogen and oxygen atoms in total. The van der Waals surface area contributed by atoms with E-state index in [1.54, 1.807) is 42.5 Å². The number of β-amino-alcohol motifs (C(OH)–C–C–N with tert-alkyl or cyclic N) is 1. The Morgan fingerprint density at radius 2 is 1.80 bits per heavy atom. The number of nitrogens with zero attached hydrogens (tertiary/aromatic N) is 1. The number of hydrogen-bond acceptors (Lipinski definition) is 6. The van der Waals surface area contributed by atoms with Crippen molar-refractivity contribution in [1.29, 1.82) is 0 Å². The first kappa shape index (κ1) is 21.7. The number of carbonyl (C=O) groups is 2. The van der Waals surface area contributed by atoms with Crippen molar-refractivity contribution in [3.8, 4) is 11.5 Å². The minimum absolute atomic E-state index is 0.102. The third-order valence-corrected chi connectivity index (χ3v) is 5.10. The third kappa shape index (κ3) is 3.99. The number of halogens is 1. The van der Waals surface area contributed by atoms with Crippen LogP contribution in [0.2, 0.25) is 5.02 Å². The van der Waals surface area contributed by atoms with Crippen molar-refractivity contribution in [3.63, 3.8) is 0 Å². The number of ketones is 1. The molecule has 0 radical (unpaired) electrons. The predicted molar refractivity (Wildman–Crippen MR) is 112 cm³/mol. The van der Waals surface area contributed by atoms with Gasteiger partial charge in [0, 0.05) is 22.7 Å². The van der Waals surface area contributed by atoms with Crippen LogP contribution in [0.1, 0.15) is 24.1 Å². The molecule has 1 amide bonds. The topological polar surface area (TPSA) is 96.3 Å². The fraction of sp³-hybridized carbons (Fsp3) is 0.273. The first-order valence-corrected chi connectivity index (χ1v) is 9.60. The molecule has 2 atom stereocenters. The van der Waals surface area contributed by atoms with Crippen molar-refractivity contribution >= 4 is 29.1 Å². The monoisotopic (exact) mass is 431 g/mol. The zero-order valence-electron chi connectivity index (χ0n) is 16.8.